The van der Waals surface area contributed by atoms with E-state index in [-0.39, 0.29) is 23.9 Å². The Bertz CT molecular complexity index is 413. The quantitative estimate of drug-likeness (QED) is 0.464. The Balaban J connectivity index is 2.51. The van der Waals surface area contributed by atoms with Crippen molar-refractivity contribution in [2.75, 3.05) is 6.61 Å². The molecule has 0 unspecified atom stereocenters. The van der Waals surface area contributed by atoms with Crippen LogP contribution in [0.25, 0.3) is 0 Å². The lowest BCUT2D eigenvalue weighted by atomic mass is 10.1. The van der Waals surface area contributed by atoms with Crippen LogP contribution >= 0.6 is 0 Å². The van der Waals surface area contributed by atoms with Crippen LogP contribution in [0.3, 0.4) is 0 Å². The van der Waals surface area contributed by atoms with E-state index in [0.29, 0.717) is 17.7 Å². The molecule has 4 nitrogen and oxygen atoms in total. The van der Waals surface area contributed by atoms with E-state index < -0.39 is 0 Å². The van der Waals surface area contributed by atoms with Crippen molar-refractivity contribution in [3.8, 4) is 11.5 Å². The number of hydrogen-bond acceptors (Lipinski definition) is 4. The number of esters is 1. The highest BCUT2D eigenvalue weighted by Gasteiger charge is 2.11. The molecule has 0 atom stereocenters. The molecule has 0 heterocycles. The van der Waals surface area contributed by atoms with Gasteiger partial charge in [0.25, 0.3) is 0 Å². The number of aryl methyl sites for hydroxylation is 1. The molecule has 18 heavy (non-hydrogen) atoms. The second kappa shape index (κ2) is 6.89. The van der Waals surface area contributed by atoms with Gasteiger partial charge in [-0.25, -0.2) is 0 Å². The van der Waals surface area contributed by atoms with Crippen molar-refractivity contribution in [3.05, 3.63) is 23.3 Å². The molecule has 0 amide bonds. The Hall–Kier alpha value is -1.71. The Morgan fingerprint density at radius 1 is 1.22 bits per heavy atom. The van der Waals surface area contributed by atoms with Gasteiger partial charge in [-0.2, -0.15) is 0 Å². The number of aromatic hydroxyl groups is 2. The first-order valence-corrected chi connectivity index (χ1v) is 6.21. The molecule has 0 radical (unpaired) electrons. The number of carbonyl (C=O) groups excluding carboxylic acids is 1. The van der Waals surface area contributed by atoms with Gasteiger partial charge in [0, 0.05) is 5.56 Å². The molecule has 2 N–H and O–H groups in total. The number of phenolic OH excluding ortho intramolecular Hbond substituents is 2. The summed E-state index contributed by atoms with van der Waals surface area (Å²) in [6, 6.07) is 2.84. The maximum Gasteiger partial charge on any atom is 0.310 e. The van der Waals surface area contributed by atoms with E-state index in [9.17, 15) is 15.0 Å². The third-order valence-corrected chi connectivity index (χ3v) is 2.74. The highest BCUT2D eigenvalue weighted by Crippen LogP contribution is 2.26. The molecule has 0 spiro atoms. The zero-order valence-electron chi connectivity index (χ0n) is 10.9. The molecule has 1 aromatic rings. The molecule has 100 valence electrons. The number of phenols is 2. The van der Waals surface area contributed by atoms with E-state index in [0.717, 1.165) is 19.3 Å². The van der Waals surface area contributed by atoms with Crippen LogP contribution in [0.2, 0.25) is 0 Å². The summed E-state index contributed by atoms with van der Waals surface area (Å²) in [5, 5.41) is 19.2. The van der Waals surface area contributed by atoms with Crippen LogP contribution in [0.5, 0.6) is 11.5 Å². The Labute approximate surface area is 107 Å². The predicted molar refractivity (Wildman–Crippen MR) is 68.7 cm³/mol. The van der Waals surface area contributed by atoms with Crippen molar-refractivity contribution < 1.29 is 19.7 Å². The molecule has 0 bridgehead atoms. The minimum atomic E-state index is -0.385. The van der Waals surface area contributed by atoms with Crippen molar-refractivity contribution in [1.29, 1.82) is 0 Å². The van der Waals surface area contributed by atoms with Crippen LogP contribution in [-0.2, 0) is 16.0 Å². The third kappa shape index (κ3) is 4.28. The fraction of sp³-hybridized carbons (Fsp3) is 0.500. The minimum absolute atomic E-state index is 0.0100. The second-order valence-electron chi connectivity index (χ2n) is 4.37. The third-order valence-electron chi connectivity index (χ3n) is 2.74. The molecule has 1 aromatic carbocycles. The van der Waals surface area contributed by atoms with Crippen molar-refractivity contribution in [1.82, 2.24) is 0 Å². The molecular formula is C14H20O4. The molecule has 0 aromatic heterocycles. The molecule has 0 saturated carbocycles. The minimum Gasteiger partial charge on any atom is -0.508 e. The van der Waals surface area contributed by atoms with Gasteiger partial charge in [0.05, 0.1) is 13.0 Å². The van der Waals surface area contributed by atoms with Gasteiger partial charge >= 0.3 is 5.97 Å². The van der Waals surface area contributed by atoms with Gasteiger partial charge in [-0.3, -0.25) is 4.79 Å². The van der Waals surface area contributed by atoms with E-state index in [1.54, 1.807) is 6.92 Å². The first-order chi connectivity index (χ1) is 8.54. The summed E-state index contributed by atoms with van der Waals surface area (Å²) in [4.78, 5) is 11.5. The standard InChI is InChI=1S/C14H20O4/c1-3-4-5-6-18-14(17)9-11-8-12(15)10(2)7-13(11)16/h7-8,15-16H,3-6,9H2,1-2H3. The summed E-state index contributed by atoms with van der Waals surface area (Å²) in [5.74, 6) is -0.304. The van der Waals surface area contributed by atoms with Gasteiger partial charge in [-0.05, 0) is 31.0 Å². The summed E-state index contributed by atoms with van der Waals surface area (Å²) in [5.41, 5.74) is 0.964. The van der Waals surface area contributed by atoms with Gasteiger partial charge in [0.15, 0.2) is 0 Å². The van der Waals surface area contributed by atoms with E-state index in [1.165, 1.54) is 12.1 Å². The summed E-state index contributed by atoms with van der Waals surface area (Å²) < 4.78 is 5.04. The van der Waals surface area contributed by atoms with Gasteiger partial charge in [-0.15, -0.1) is 0 Å². The largest absolute Gasteiger partial charge is 0.508 e. The molecule has 0 fully saturated rings. The lowest BCUT2D eigenvalue weighted by molar-refractivity contribution is -0.143. The fourth-order valence-corrected chi connectivity index (χ4v) is 1.61. The SMILES string of the molecule is CCCCCOC(=O)Cc1cc(O)c(C)cc1O. The summed E-state index contributed by atoms with van der Waals surface area (Å²) in [6.45, 7) is 4.17. The zero-order chi connectivity index (χ0) is 13.5. The fourth-order valence-electron chi connectivity index (χ4n) is 1.61. The van der Waals surface area contributed by atoms with E-state index in [2.05, 4.69) is 6.92 Å². The first-order valence-electron chi connectivity index (χ1n) is 6.21. The number of benzene rings is 1. The van der Waals surface area contributed by atoms with E-state index in [1.807, 2.05) is 0 Å². The molecule has 0 aliphatic carbocycles. The first kappa shape index (κ1) is 14.4. The average molecular weight is 252 g/mol. The molecule has 0 saturated heterocycles. The van der Waals surface area contributed by atoms with Gasteiger partial charge < -0.3 is 14.9 Å². The molecule has 0 aliphatic rings. The highest BCUT2D eigenvalue weighted by atomic mass is 16.5. The second-order valence-corrected chi connectivity index (χ2v) is 4.37. The normalized spacial score (nSPS) is 10.3. The van der Waals surface area contributed by atoms with Crippen molar-refractivity contribution in [3.63, 3.8) is 0 Å². The Morgan fingerprint density at radius 2 is 1.94 bits per heavy atom. The smallest absolute Gasteiger partial charge is 0.310 e. The average Bonchev–Trinajstić information content (AvgIpc) is 2.32. The lowest BCUT2D eigenvalue weighted by Crippen LogP contribution is -2.09. The lowest BCUT2D eigenvalue weighted by Gasteiger charge is -2.08. The summed E-state index contributed by atoms with van der Waals surface area (Å²) in [7, 11) is 0. The van der Waals surface area contributed by atoms with Gasteiger partial charge in [-0.1, -0.05) is 19.8 Å². The van der Waals surface area contributed by atoms with Gasteiger partial charge in [0.1, 0.15) is 11.5 Å². The number of hydrogen-bond donors (Lipinski definition) is 2. The van der Waals surface area contributed by atoms with Crippen LogP contribution in [0.1, 0.15) is 37.3 Å². The molecule has 1 rings (SSSR count). The number of ether oxygens (including phenoxy) is 1. The maximum atomic E-state index is 11.5. The molecule has 4 heteroatoms. The topological polar surface area (TPSA) is 66.8 Å². The molecular weight excluding hydrogens is 232 g/mol. The van der Waals surface area contributed by atoms with Crippen molar-refractivity contribution in [2.24, 2.45) is 0 Å². The van der Waals surface area contributed by atoms with Crippen molar-refractivity contribution in [2.45, 2.75) is 39.5 Å². The number of rotatable bonds is 6. The summed E-state index contributed by atoms with van der Waals surface area (Å²) >= 11 is 0. The van der Waals surface area contributed by atoms with Crippen LogP contribution in [0.4, 0.5) is 0 Å². The monoisotopic (exact) mass is 252 g/mol. The Kier molecular flexibility index (Phi) is 5.49. The van der Waals surface area contributed by atoms with Crippen LogP contribution in [-0.4, -0.2) is 22.8 Å². The van der Waals surface area contributed by atoms with Crippen LogP contribution < -0.4 is 0 Å². The predicted octanol–water partition coefficient (Wildman–Crippen LogP) is 2.68. The molecule has 0 aliphatic heterocycles. The highest BCUT2D eigenvalue weighted by molar-refractivity contribution is 5.74. The zero-order valence-corrected chi connectivity index (χ0v) is 10.9. The van der Waals surface area contributed by atoms with Crippen LogP contribution in [0.15, 0.2) is 12.1 Å². The van der Waals surface area contributed by atoms with Crippen LogP contribution in [0, 0.1) is 6.92 Å². The number of unbranched alkanes of at least 4 members (excludes halogenated alkanes) is 2. The van der Waals surface area contributed by atoms with E-state index >= 15 is 0 Å². The van der Waals surface area contributed by atoms with Gasteiger partial charge in [0.2, 0.25) is 0 Å². The maximum absolute atomic E-state index is 11.5. The van der Waals surface area contributed by atoms with E-state index in [4.69, 9.17) is 4.74 Å². The van der Waals surface area contributed by atoms with Crippen molar-refractivity contribution >= 4 is 5.97 Å². The summed E-state index contributed by atoms with van der Waals surface area (Å²) in [6.07, 6.45) is 2.94. The Morgan fingerprint density at radius 3 is 2.61 bits per heavy atom. The number of carbonyl (C=O) groups is 1.